The van der Waals surface area contributed by atoms with Gasteiger partial charge >= 0.3 is 0 Å². The van der Waals surface area contributed by atoms with Crippen molar-refractivity contribution in [3.8, 4) is 0 Å². The van der Waals surface area contributed by atoms with Crippen LogP contribution in [0.3, 0.4) is 0 Å². The second-order valence-electron chi connectivity index (χ2n) is 2.72. The van der Waals surface area contributed by atoms with Gasteiger partial charge in [0.05, 0.1) is 0 Å². The van der Waals surface area contributed by atoms with Crippen molar-refractivity contribution in [2.75, 3.05) is 13.1 Å². The molecule has 3 N–H and O–H groups in total. The summed E-state index contributed by atoms with van der Waals surface area (Å²) in [6.45, 7) is 2.03. The summed E-state index contributed by atoms with van der Waals surface area (Å²) >= 11 is 0. The molecule has 1 heterocycles. The zero-order chi connectivity index (χ0) is 6.53. The van der Waals surface area contributed by atoms with Crippen molar-refractivity contribution in [1.29, 1.82) is 0 Å². The van der Waals surface area contributed by atoms with E-state index in [9.17, 15) is 0 Å². The van der Waals surface area contributed by atoms with Gasteiger partial charge in [-0.2, -0.15) is 0 Å². The first-order valence-corrected chi connectivity index (χ1v) is 3.87. The van der Waals surface area contributed by atoms with Crippen LogP contribution in [0.1, 0.15) is 25.7 Å². The van der Waals surface area contributed by atoms with Crippen LogP contribution < -0.4 is 11.1 Å². The Morgan fingerprint density at radius 3 is 2.45 bits per heavy atom. The Bertz CT molecular complexity index is 72.1. The van der Waals surface area contributed by atoms with Crippen LogP contribution in [0.2, 0.25) is 0 Å². The molecule has 2 nitrogen and oxygen atoms in total. The third-order valence-electron chi connectivity index (χ3n) is 1.93. The normalized spacial score (nSPS) is 23.2. The number of rotatable bonds is 2. The summed E-state index contributed by atoms with van der Waals surface area (Å²) in [5, 5.41) is 3.44. The van der Waals surface area contributed by atoms with Crippen molar-refractivity contribution in [2.45, 2.75) is 31.7 Å². The van der Waals surface area contributed by atoms with E-state index in [1.807, 2.05) is 0 Å². The molecule has 4 heteroatoms. The molecular formula is C7H18Cl2N2. The van der Waals surface area contributed by atoms with E-state index in [4.69, 9.17) is 5.73 Å². The van der Waals surface area contributed by atoms with Crippen LogP contribution in [0.4, 0.5) is 0 Å². The molecule has 0 radical (unpaired) electrons. The summed E-state index contributed by atoms with van der Waals surface area (Å²) in [6, 6.07) is 0.726. The van der Waals surface area contributed by atoms with Gasteiger partial charge in [0, 0.05) is 6.04 Å². The molecule has 1 rings (SSSR count). The van der Waals surface area contributed by atoms with Crippen molar-refractivity contribution < 1.29 is 0 Å². The van der Waals surface area contributed by atoms with Crippen molar-refractivity contribution in [3.63, 3.8) is 0 Å². The molecule has 0 spiro atoms. The van der Waals surface area contributed by atoms with E-state index in [0.29, 0.717) is 0 Å². The Morgan fingerprint density at radius 2 is 2.00 bits per heavy atom. The van der Waals surface area contributed by atoms with Gasteiger partial charge in [0.2, 0.25) is 0 Å². The minimum Gasteiger partial charge on any atom is -0.330 e. The fourth-order valence-corrected chi connectivity index (χ4v) is 1.37. The third-order valence-corrected chi connectivity index (χ3v) is 1.93. The van der Waals surface area contributed by atoms with Crippen LogP contribution in [-0.2, 0) is 0 Å². The number of hydrogen-bond donors (Lipinski definition) is 2. The lowest BCUT2D eigenvalue weighted by Crippen LogP contribution is -2.35. The van der Waals surface area contributed by atoms with Crippen LogP contribution in [0.15, 0.2) is 0 Å². The van der Waals surface area contributed by atoms with E-state index >= 15 is 0 Å². The predicted molar refractivity (Wildman–Crippen MR) is 53.8 cm³/mol. The fourth-order valence-electron chi connectivity index (χ4n) is 1.37. The van der Waals surface area contributed by atoms with E-state index in [1.165, 1.54) is 25.8 Å². The van der Waals surface area contributed by atoms with Crippen LogP contribution in [0, 0.1) is 0 Å². The van der Waals surface area contributed by atoms with E-state index in [2.05, 4.69) is 5.32 Å². The lowest BCUT2D eigenvalue weighted by molar-refractivity contribution is 0.386. The van der Waals surface area contributed by atoms with Gasteiger partial charge in [-0.3, -0.25) is 0 Å². The Hall–Kier alpha value is 0.500. The summed E-state index contributed by atoms with van der Waals surface area (Å²) in [5.41, 5.74) is 5.42. The molecule has 0 bridgehead atoms. The van der Waals surface area contributed by atoms with Gasteiger partial charge in [-0.25, -0.2) is 0 Å². The van der Waals surface area contributed by atoms with Gasteiger partial charge in [-0.15, -0.1) is 24.8 Å². The van der Waals surface area contributed by atoms with Crippen LogP contribution in [-0.4, -0.2) is 19.1 Å². The van der Waals surface area contributed by atoms with E-state index in [0.717, 1.165) is 19.0 Å². The second-order valence-corrected chi connectivity index (χ2v) is 2.72. The average Bonchev–Trinajstić information content (AvgIpc) is 1.91. The molecule has 0 aromatic carbocycles. The highest BCUT2D eigenvalue weighted by molar-refractivity contribution is 5.85. The monoisotopic (exact) mass is 200 g/mol. The Kier molecular flexibility index (Phi) is 11.0. The highest BCUT2D eigenvalue weighted by Crippen LogP contribution is 2.08. The summed E-state index contributed by atoms with van der Waals surface area (Å²) in [7, 11) is 0. The average molecular weight is 201 g/mol. The molecule has 1 saturated heterocycles. The van der Waals surface area contributed by atoms with E-state index < -0.39 is 0 Å². The van der Waals surface area contributed by atoms with Crippen molar-refractivity contribution in [1.82, 2.24) is 5.32 Å². The molecule has 1 aliphatic heterocycles. The summed E-state index contributed by atoms with van der Waals surface area (Å²) in [5.74, 6) is 0. The number of nitrogens with one attached hydrogen (secondary N) is 1. The first kappa shape index (κ1) is 14.0. The topological polar surface area (TPSA) is 38.0 Å². The van der Waals surface area contributed by atoms with E-state index in [1.54, 1.807) is 0 Å². The molecule has 1 atom stereocenters. The number of halogens is 2. The van der Waals surface area contributed by atoms with Gasteiger partial charge in [-0.1, -0.05) is 6.42 Å². The van der Waals surface area contributed by atoms with Crippen molar-refractivity contribution in [2.24, 2.45) is 5.73 Å². The van der Waals surface area contributed by atoms with Gasteiger partial charge in [-0.05, 0) is 32.4 Å². The van der Waals surface area contributed by atoms with Crippen LogP contribution >= 0.6 is 24.8 Å². The first-order chi connectivity index (χ1) is 4.43. The molecule has 0 aromatic heterocycles. The molecule has 70 valence electrons. The molecule has 0 aromatic rings. The third kappa shape index (κ3) is 5.74. The van der Waals surface area contributed by atoms with Gasteiger partial charge in [0.1, 0.15) is 0 Å². The highest BCUT2D eigenvalue weighted by Gasteiger charge is 2.09. The largest absolute Gasteiger partial charge is 0.330 e. The molecular weight excluding hydrogens is 183 g/mol. The molecule has 11 heavy (non-hydrogen) atoms. The standard InChI is InChI=1S/C7H16N2.2ClH/c8-5-4-7-3-1-2-6-9-7;;/h7,9H,1-6,8H2;2*1H/t7-;;/m0../s1. The summed E-state index contributed by atoms with van der Waals surface area (Å²) < 4.78 is 0. The molecule has 0 unspecified atom stereocenters. The molecule has 1 aliphatic rings. The summed E-state index contributed by atoms with van der Waals surface area (Å²) in [6.07, 6.45) is 5.22. The molecule has 1 fully saturated rings. The summed E-state index contributed by atoms with van der Waals surface area (Å²) in [4.78, 5) is 0. The quantitative estimate of drug-likeness (QED) is 0.707. The van der Waals surface area contributed by atoms with Crippen LogP contribution in [0.5, 0.6) is 0 Å². The van der Waals surface area contributed by atoms with Gasteiger partial charge < -0.3 is 11.1 Å². The Balaban J connectivity index is 0. The van der Waals surface area contributed by atoms with Gasteiger partial charge in [0.25, 0.3) is 0 Å². The lowest BCUT2D eigenvalue weighted by Gasteiger charge is -2.22. The predicted octanol–water partition coefficient (Wildman–Crippen LogP) is 1.32. The minimum absolute atomic E-state index is 0. The SMILES string of the molecule is Cl.Cl.NCC[C@@H]1CCCCN1. The fraction of sp³-hybridized carbons (Fsp3) is 1.00. The molecule has 0 aliphatic carbocycles. The van der Waals surface area contributed by atoms with E-state index in [-0.39, 0.29) is 24.8 Å². The van der Waals surface area contributed by atoms with Crippen LogP contribution in [0.25, 0.3) is 0 Å². The number of nitrogens with two attached hydrogens (primary N) is 1. The highest BCUT2D eigenvalue weighted by atomic mass is 35.5. The Labute approximate surface area is 81.1 Å². The zero-order valence-electron chi connectivity index (χ0n) is 6.71. The smallest absolute Gasteiger partial charge is 0.00790 e. The second kappa shape index (κ2) is 8.60. The first-order valence-electron chi connectivity index (χ1n) is 3.87. The Morgan fingerprint density at radius 1 is 1.27 bits per heavy atom. The molecule has 0 amide bonds. The maximum atomic E-state index is 5.42. The number of piperidine rings is 1. The zero-order valence-corrected chi connectivity index (χ0v) is 8.35. The van der Waals surface area contributed by atoms with Crippen molar-refractivity contribution >= 4 is 24.8 Å². The maximum Gasteiger partial charge on any atom is 0.00790 e. The maximum absolute atomic E-state index is 5.42. The molecule has 0 saturated carbocycles. The lowest BCUT2D eigenvalue weighted by atomic mass is 10.0. The van der Waals surface area contributed by atoms with Crippen molar-refractivity contribution in [3.05, 3.63) is 0 Å². The minimum atomic E-state index is 0. The number of hydrogen-bond acceptors (Lipinski definition) is 2. The van der Waals surface area contributed by atoms with Gasteiger partial charge in [0.15, 0.2) is 0 Å².